The van der Waals surface area contributed by atoms with Crippen LogP contribution < -0.4 is 5.32 Å². The lowest BCUT2D eigenvalue weighted by molar-refractivity contribution is -0.133. The molecule has 1 amide bonds. The van der Waals surface area contributed by atoms with Gasteiger partial charge >= 0.3 is 0 Å². The first-order valence-electron chi connectivity index (χ1n) is 6.61. The van der Waals surface area contributed by atoms with Crippen LogP contribution in [0.4, 0.5) is 0 Å². The predicted octanol–water partition coefficient (Wildman–Crippen LogP) is 1.03. The van der Waals surface area contributed by atoms with Gasteiger partial charge in [0.25, 0.3) is 0 Å². The molecule has 0 spiro atoms. The number of rotatable bonds is 4. The summed E-state index contributed by atoms with van der Waals surface area (Å²) in [7, 11) is 0. The van der Waals surface area contributed by atoms with Crippen LogP contribution in [0.25, 0.3) is 0 Å². The van der Waals surface area contributed by atoms with Gasteiger partial charge < -0.3 is 10.2 Å². The Morgan fingerprint density at radius 3 is 2.78 bits per heavy atom. The second-order valence-corrected chi connectivity index (χ2v) is 5.76. The number of carbonyl (C=O) groups excluding carboxylic acids is 1. The average molecular weight is 266 g/mol. The molecule has 0 bridgehead atoms. The van der Waals surface area contributed by atoms with E-state index >= 15 is 0 Å². The Labute approximate surface area is 111 Å². The molecule has 2 aliphatic rings. The second kappa shape index (κ2) is 5.32. The minimum Gasteiger partial charge on any atom is -0.342 e. The molecule has 1 aromatic heterocycles. The van der Waals surface area contributed by atoms with Crippen molar-refractivity contribution in [2.75, 3.05) is 13.1 Å². The van der Waals surface area contributed by atoms with Crippen molar-refractivity contribution in [3.05, 3.63) is 11.1 Å². The number of carbonyl (C=O) groups is 1. The third-order valence-electron chi connectivity index (χ3n) is 3.71. The van der Waals surface area contributed by atoms with E-state index in [2.05, 4.69) is 14.9 Å². The molecule has 98 valence electrons. The van der Waals surface area contributed by atoms with Crippen molar-refractivity contribution in [3.63, 3.8) is 0 Å². The molecule has 1 aliphatic heterocycles. The summed E-state index contributed by atoms with van der Waals surface area (Å²) in [5, 5.41) is 9.48. The predicted molar refractivity (Wildman–Crippen MR) is 69.1 cm³/mol. The van der Waals surface area contributed by atoms with Crippen LogP contribution in [0.2, 0.25) is 0 Å². The van der Waals surface area contributed by atoms with Gasteiger partial charge in [0.05, 0.1) is 5.69 Å². The van der Waals surface area contributed by atoms with Crippen LogP contribution in [0.1, 0.15) is 31.4 Å². The minimum absolute atomic E-state index is 0.357. The van der Waals surface area contributed by atoms with Gasteiger partial charge in [-0.05, 0) is 37.2 Å². The van der Waals surface area contributed by atoms with Crippen molar-refractivity contribution in [2.24, 2.45) is 5.92 Å². The highest BCUT2D eigenvalue weighted by Gasteiger charge is 2.34. The maximum Gasteiger partial charge on any atom is 0.225 e. The molecule has 1 aromatic rings. The van der Waals surface area contributed by atoms with E-state index in [1.807, 2.05) is 10.3 Å². The monoisotopic (exact) mass is 266 g/mol. The van der Waals surface area contributed by atoms with E-state index in [-0.39, 0.29) is 0 Å². The summed E-state index contributed by atoms with van der Waals surface area (Å²) in [6.45, 7) is 2.60. The minimum atomic E-state index is 0.357. The topological polar surface area (TPSA) is 58.1 Å². The molecule has 0 radical (unpaired) electrons. The highest BCUT2D eigenvalue weighted by atomic mass is 32.1. The van der Waals surface area contributed by atoms with E-state index < -0.39 is 0 Å². The summed E-state index contributed by atoms with van der Waals surface area (Å²) >= 11 is 1.39. The lowest BCUT2D eigenvalue weighted by Gasteiger charge is -2.32. The molecule has 0 unspecified atom stereocenters. The average Bonchev–Trinajstić information content (AvgIpc) is 3.13. The summed E-state index contributed by atoms with van der Waals surface area (Å²) in [5.74, 6) is 0.743. The van der Waals surface area contributed by atoms with Crippen LogP contribution in [0.15, 0.2) is 5.38 Å². The number of aromatic nitrogens is 2. The van der Waals surface area contributed by atoms with Crippen molar-refractivity contribution in [2.45, 2.75) is 38.3 Å². The molecule has 1 saturated heterocycles. The summed E-state index contributed by atoms with van der Waals surface area (Å²) in [4.78, 5) is 13.9. The number of hydrogen-bond acceptors (Lipinski definition) is 5. The molecule has 0 aromatic carbocycles. The van der Waals surface area contributed by atoms with Crippen LogP contribution in [0.3, 0.4) is 0 Å². The summed E-state index contributed by atoms with van der Waals surface area (Å²) in [5.41, 5.74) is 1.01. The number of likely N-dealkylation sites (tertiary alicyclic amines) is 1. The van der Waals surface area contributed by atoms with Gasteiger partial charge in [-0.25, -0.2) is 0 Å². The lowest BCUT2D eigenvalue weighted by atomic mass is 10.0. The maximum atomic E-state index is 11.9. The Bertz CT molecular complexity index is 396. The van der Waals surface area contributed by atoms with Crippen molar-refractivity contribution in [1.82, 2.24) is 19.8 Å². The smallest absolute Gasteiger partial charge is 0.225 e. The fraction of sp³-hybridized carbons (Fsp3) is 0.750. The highest BCUT2D eigenvalue weighted by molar-refractivity contribution is 7.03. The first-order valence-corrected chi connectivity index (χ1v) is 7.44. The molecule has 3 rings (SSSR count). The second-order valence-electron chi connectivity index (χ2n) is 5.15. The van der Waals surface area contributed by atoms with Crippen molar-refractivity contribution >= 4 is 17.4 Å². The first-order chi connectivity index (χ1) is 8.83. The van der Waals surface area contributed by atoms with Crippen LogP contribution >= 0.6 is 11.5 Å². The van der Waals surface area contributed by atoms with E-state index in [1.54, 1.807) is 0 Å². The molecule has 18 heavy (non-hydrogen) atoms. The zero-order valence-corrected chi connectivity index (χ0v) is 11.2. The van der Waals surface area contributed by atoms with Crippen LogP contribution in [-0.4, -0.2) is 39.5 Å². The van der Waals surface area contributed by atoms with E-state index in [1.165, 1.54) is 11.5 Å². The fourth-order valence-electron chi connectivity index (χ4n) is 2.40. The molecule has 2 fully saturated rings. The zero-order chi connectivity index (χ0) is 12.4. The summed E-state index contributed by atoms with van der Waals surface area (Å²) < 4.78 is 3.85. The Kier molecular flexibility index (Phi) is 3.56. The quantitative estimate of drug-likeness (QED) is 0.884. The van der Waals surface area contributed by atoms with E-state index in [0.29, 0.717) is 17.9 Å². The van der Waals surface area contributed by atoms with Gasteiger partial charge in [0.15, 0.2) is 0 Å². The summed E-state index contributed by atoms with van der Waals surface area (Å²) in [6.07, 6.45) is 4.31. The molecule has 1 N–H and O–H groups in total. The fourth-order valence-corrected chi connectivity index (χ4v) is 2.85. The molecule has 2 heterocycles. The van der Waals surface area contributed by atoms with Gasteiger partial charge in [-0.15, -0.1) is 5.10 Å². The number of amides is 1. The van der Waals surface area contributed by atoms with Crippen molar-refractivity contribution in [3.8, 4) is 0 Å². The van der Waals surface area contributed by atoms with Crippen molar-refractivity contribution < 1.29 is 4.79 Å². The van der Waals surface area contributed by atoms with Crippen LogP contribution in [0.5, 0.6) is 0 Å². The van der Waals surface area contributed by atoms with Crippen molar-refractivity contribution in [1.29, 1.82) is 0 Å². The molecule has 1 aliphatic carbocycles. The molecule has 6 heteroatoms. The van der Waals surface area contributed by atoms with E-state index in [9.17, 15) is 4.79 Å². The number of hydrogen-bond donors (Lipinski definition) is 1. The number of nitrogens with zero attached hydrogens (tertiary/aromatic N) is 3. The first kappa shape index (κ1) is 12.0. The van der Waals surface area contributed by atoms with Gasteiger partial charge in [0.1, 0.15) is 0 Å². The number of piperidine rings is 1. The normalized spacial score (nSPS) is 21.2. The van der Waals surface area contributed by atoms with E-state index in [0.717, 1.165) is 51.0 Å². The van der Waals surface area contributed by atoms with Gasteiger partial charge in [0, 0.05) is 37.0 Å². The van der Waals surface area contributed by atoms with Gasteiger partial charge in [-0.3, -0.25) is 4.79 Å². The molecule has 5 nitrogen and oxygen atoms in total. The maximum absolute atomic E-state index is 11.9. The largest absolute Gasteiger partial charge is 0.342 e. The molecule has 0 atom stereocenters. The van der Waals surface area contributed by atoms with Gasteiger partial charge in [0.2, 0.25) is 5.91 Å². The molecule has 1 saturated carbocycles. The Morgan fingerprint density at radius 2 is 2.17 bits per heavy atom. The van der Waals surface area contributed by atoms with Crippen LogP contribution in [0, 0.1) is 5.92 Å². The highest BCUT2D eigenvalue weighted by Crippen LogP contribution is 2.31. The Hall–Kier alpha value is -1.01. The summed E-state index contributed by atoms with van der Waals surface area (Å²) in [6, 6.07) is 0.509. The SMILES string of the molecule is O=C(C1CC1)N1CCC(NCc2csnn2)CC1. The Morgan fingerprint density at radius 1 is 1.39 bits per heavy atom. The third kappa shape index (κ3) is 2.87. The van der Waals surface area contributed by atoms with E-state index in [4.69, 9.17) is 0 Å². The third-order valence-corrected chi connectivity index (χ3v) is 4.26. The van der Waals surface area contributed by atoms with Crippen LogP contribution in [-0.2, 0) is 11.3 Å². The lowest BCUT2D eigenvalue weighted by Crippen LogP contribution is -2.45. The van der Waals surface area contributed by atoms with Gasteiger partial charge in [-0.2, -0.15) is 0 Å². The Balaban J connectivity index is 1.41. The standard InChI is InChI=1S/C12H18N4OS/c17-12(9-1-2-9)16-5-3-10(4-6-16)13-7-11-8-18-15-14-11/h8-10,13H,1-7H2. The molecular weight excluding hydrogens is 248 g/mol. The number of nitrogens with one attached hydrogen (secondary N) is 1. The van der Waals surface area contributed by atoms with Gasteiger partial charge in [-0.1, -0.05) is 4.49 Å². The molecular formula is C12H18N4OS. The zero-order valence-electron chi connectivity index (χ0n) is 10.3.